The molecule has 3 rings (SSSR count). The molecular weight excluding hydrogens is 361 g/mol. The number of hydrogen-bond donors (Lipinski definition) is 0. The van der Waals surface area contributed by atoms with E-state index in [1.54, 1.807) is 30.6 Å². The first-order valence-corrected chi connectivity index (χ1v) is 9.70. The van der Waals surface area contributed by atoms with Crippen molar-refractivity contribution in [2.45, 2.75) is 25.9 Å². The number of amides is 1. The van der Waals surface area contributed by atoms with Crippen LogP contribution in [0.4, 0.5) is 4.39 Å². The van der Waals surface area contributed by atoms with Gasteiger partial charge in [-0.1, -0.05) is 36.4 Å². The van der Waals surface area contributed by atoms with Gasteiger partial charge < -0.3 is 9.64 Å². The number of benzene rings is 2. The van der Waals surface area contributed by atoms with Crippen LogP contribution in [-0.2, 0) is 24.3 Å². The maximum atomic E-state index is 13.1. The number of rotatable bonds is 8. The number of methoxy groups -OCH3 is 1. The minimum absolute atomic E-state index is 0.0682. The molecule has 0 bridgehead atoms. The molecule has 3 nitrogen and oxygen atoms in total. The fraction of sp³-hybridized carbons (Fsp3) is 0.227. The first-order valence-electron chi connectivity index (χ1n) is 8.82. The standard InChI is InChI=1S/C22H22FNO2S/c1-26-21-7-3-2-5-18(21)15-24(16-20-6-4-14-27-20)22(25)13-10-17-8-11-19(23)12-9-17/h2-9,11-12,14H,10,13,15-16H2,1H3. The van der Waals surface area contributed by atoms with Crippen molar-refractivity contribution >= 4 is 17.2 Å². The van der Waals surface area contributed by atoms with Crippen LogP contribution in [0.1, 0.15) is 22.4 Å². The summed E-state index contributed by atoms with van der Waals surface area (Å²) in [6, 6.07) is 18.1. The average Bonchev–Trinajstić information content (AvgIpc) is 3.20. The van der Waals surface area contributed by atoms with E-state index >= 15 is 0 Å². The van der Waals surface area contributed by atoms with Crippen molar-refractivity contribution in [1.29, 1.82) is 0 Å². The molecule has 0 aliphatic carbocycles. The van der Waals surface area contributed by atoms with Crippen LogP contribution < -0.4 is 4.74 Å². The number of nitrogens with zero attached hydrogens (tertiary/aromatic N) is 1. The zero-order valence-electron chi connectivity index (χ0n) is 15.2. The van der Waals surface area contributed by atoms with Gasteiger partial charge in [-0.3, -0.25) is 4.79 Å². The molecule has 0 spiro atoms. The molecule has 0 fully saturated rings. The van der Waals surface area contributed by atoms with E-state index in [1.165, 1.54) is 12.1 Å². The number of aryl methyl sites for hydroxylation is 1. The average molecular weight is 383 g/mol. The van der Waals surface area contributed by atoms with Gasteiger partial charge in [0.1, 0.15) is 11.6 Å². The predicted molar refractivity (Wildman–Crippen MR) is 106 cm³/mol. The molecule has 3 aromatic rings. The van der Waals surface area contributed by atoms with Crippen molar-refractivity contribution < 1.29 is 13.9 Å². The van der Waals surface area contributed by atoms with Crippen molar-refractivity contribution in [1.82, 2.24) is 4.90 Å². The Labute approximate surface area is 163 Å². The summed E-state index contributed by atoms with van der Waals surface area (Å²) in [5, 5.41) is 2.01. The number of carbonyl (C=O) groups excluding carboxylic acids is 1. The number of ether oxygens (including phenoxy) is 1. The van der Waals surface area contributed by atoms with Crippen LogP contribution in [0.5, 0.6) is 5.75 Å². The summed E-state index contributed by atoms with van der Waals surface area (Å²) >= 11 is 1.64. The summed E-state index contributed by atoms with van der Waals surface area (Å²) in [5.41, 5.74) is 1.94. The topological polar surface area (TPSA) is 29.5 Å². The largest absolute Gasteiger partial charge is 0.496 e. The number of halogens is 1. The first kappa shape index (κ1) is 19.1. The van der Waals surface area contributed by atoms with Crippen molar-refractivity contribution in [2.24, 2.45) is 0 Å². The summed E-state index contributed by atoms with van der Waals surface area (Å²) in [4.78, 5) is 15.9. The van der Waals surface area contributed by atoms with Gasteiger partial charge in [0.25, 0.3) is 0 Å². The maximum absolute atomic E-state index is 13.1. The number of para-hydroxylation sites is 1. The summed E-state index contributed by atoms with van der Waals surface area (Å²) in [5.74, 6) is 0.583. The van der Waals surface area contributed by atoms with E-state index in [-0.39, 0.29) is 11.7 Å². The van der Waals surface area contributed by atoms with E-state index in [4.69, 9.17) is 4.74 Å². The van der Waals surface area contributed by atoms with Gasteiger partial charge in [-0.15, -0.1) is 11.3 Å². The Kier molecular flexibility index (Phi) is 6.60. The highest BCUT2D eigenvalue weighted by molar-refractivity contribution is 7.09. The fourth-order valence-electron chi connectivity index (χ4n) is 2.92. The van der Waals surface area contributed by atoms with Crippen molar-refractivity contribution in [2.75, 3.05) is 7.11 Å². The third kappa shape index (κ3) is 5.41. The highest BCUT2D eigenvalue weighted by atomic mass is 32.1. The molecule has 1 amide bonds. The third-order valence-corrected chi connectivity index (χ3v) is 5.24. The second kappa shape index (κ2) is 9.33. The molecule has 0 aliphatic heterocycles. The Balaban J connectivity index is 1.72. The quantitative estimate of drug-likeness (QED) is 0.544. The third-order valence-electron chi connectivity index (χ3n) is 4.37. The van der Waals surface area contributed by atoms with Gasteiger partial charge in [-0.25, -0.2) is 4.39 Å². The minimum atomic E-state index is -0.263. The second-order valence-electron chi connectivity index (χ2n) is 6.27. The van der Waals surface area contributed by atoms with Crippen LogP contribution >= 0.6 is 11.3 Å². The van der Waals surface area contributed by atoms with Gasteiger partial charge in [0.2, 0.25) is 5.91 Å². The van der Waals surface area contributed by atoms with Gasteiger partial charge in [0.15, 0.2) is 0 Å². The summed E-state index contributed by atoms with van der Waals surface area (Å²) < 4.78 is 18.5. The monoisotopic (exact) mass is 383 g/mol. The smallest absolute Gasteiger partial charge is 0.223 e. The predicted octanol–water partition coefficient (Wildman–Crippen LogP) is 5.06. The van der Waals surface area contributed by atoms with E-state index in [0.717, 1.165) is 21.8 Å². The first-order chi connectivity index (χ1) is 13.2. The molecule has 0 aliphatic rings. The van der Waals surface area contributed by atoms with Crippen LogP contribution in [0.15, 0.2) is 66.0 Å². The molecule has 1 aromatic heterocycles. The Bertz CT molecular complexity index is 862. The molecule has 0 unspecified atom stereocenters. The van der Waals surface area contributed by atoms with E-state index in [1.807, 2.05) is 46.7 Å². The van der Waals surface area contributed by atoms with Gasteiger partial charge in [0, 0.05) is 23.4 Å². The Morgan fingerprint density at radius 3 is 2.52 bits per heavy atom. The van der Waals surface area contributed by atoms with Crippen LogP contribution in [0.3, 0.4) is 0 Å². The normalized spacial score (nSPS) is 10.6. The van der Waals surface area contributed by atoms with Crippen LogP contribution in [0, 0.1) is 5.82 Å². The van der Waals surface area contributed by atoms with Gasteiger partial charge in [0.05, 0.1) is 13.7 Å². The lowest BCUT2D eigenvalue weighted by Crippen LogP contribution is -2.30. The van der Waals surface area contributed by atoms with E-state index in [9.17, 15) is 9.18 Å². The van der Waals surface area contributed by atoms with Crippen molar-refractivity contribution in [3.63, 3.8) is 0 Å². The molecule has 5 heteroatoms. The lowest BCUT2D eigenvalue weighted by molar-refractivity contribution is -0.132. The highest BCUT2D eigenvalue weighted by Gasteiger charge is 2.17. The van der Waals surface area contributed by atoms with E-state index in [2.05, 4.69) is 0 Å². The Morgan fingerprint density at radius 2 is 1.81 bits per heavy atom. The minimum Gasteiger partial charge on any atom is -0.496 e. The highest BCUT2D eigenvalue weighted by Crippen LogP contribution is 2.22. The van der Waals surface area contributed by atoms with E-state index in [0.29, 0.717) is 25.9 Å². The number of hydrogen-bond acceptors (Lipinski definition) is 3. The molecule has 0 saturated carbocycles. The summed E-state index contributed by atoms with van der Waals surface area (Å²) in [7, 11) is 1.64. The van der Waals surface area contributed by atoms with Crippen LogP contribution in [0.2, 0.25) is 0 Å². The van der Waals surface area contributed by atoms with Crippen molar-refractivity contribution in [3.8, 4) is 5.75 Å². The molecule has 1 heterocycles. The molecular formula is C22H22FNO2S. The molecule has 0 atom stereocenters. The molecule has 140 valence electrons. The molecule has 2 aromatic carbocycles. The van der Waals surface area contributed by atoms with Gasteiger partial charge >= 0.3 is 0 Å². The lowest BCUT2D eigenvalue weighted by Gasteiger charge is -2.23. The zero-order valence-corrected chi connectivity index (χ0v) is 16.0. The maximum Gasteiger partial charge on any atom is 0.223 e. The zero-order chi connectivity index (χ0) is 19.1. The number of thiophene rings is 1. The Hall–Kier alpha value is -2.66. The lowest BCUT2D eigenvalue weighted by atomic mass is 10.1. The fourth-order valence-corrected chi connectivity index (χ4v) is 3.64. The summed E-state index contributed by atoms with van der Waals surface area (Å²) in [6.45, 7) is 1.06. The van der Waals surface area contributed by atoms with Gasteiger partial charge in [-0.2, -0.15) is 0 Å². The second-order valence-corrected chi connectivity index (χ2v) is 7.30. The molecule has 0 N–H and O–H groups in total. The van der Waals surface area contributed by atoms with Gasteiger partial charge in [-0.05, 0) is 41.6 Å². The summed E-state index contributed by atoms with van der Waals surface area (Å²) in [6.07, 6.45) is 0.970. The van der Waals surface area contributed by atoms with Crippen molar-refractivity contribution in [3.05, 3.63) is 87.9 Å². The Morgan fingerprint density at radius 1 is 1.04 bits per heavy atom. The number of carbonyl (C=O) groups is 1. The molecule has 0 saturated heterocycles. The van der Waals surface area contributed by atoms with Crippen LogP contribution in [0.25, 0.3) is 0 Å². The SMILES string of the molecule is COc1ccccc1CN(Cc1cccs1)C(=O)CCc1ccc(F)cc1. The molecule has 27 heavy (non-hydrogen) atoms. The molecule has 0 radical (unpaired) electrons. The van der Waals surface area contributed by atoms with E-state index < -0.39 is 0 Å². The van der Waals surface area contributed by atoms with Crippen LogP contribution in [-0.4, -0.2) is 17.9 Å².